The predicted molar refractivity (Wildman–Crippen MR) is 110 cm³/mol. The Morgan fingerprint density at radius 2 is 1.93 bits per heavy atom. The standard InChI is InChI=1S/C24H24FN3O/c1-24-14-28-15-27-22(16-5-7-19(25)8-6-16)21(28)13-18(24)3-2-4-20(24)23(29)17-9-11-26-12-10-17/h5-13,15,20,23,29H,2-4,14H2,1H3/t20?,23-,24+/m1/s1. The number of hydrogen-bond donors (Lipinski definition) is 1. The number of rotatable bonds is 3. The number of halogens is 1. The number of nitrogens with zero attached hydrogens (tertiary/aromatic N) is 3. The molecule has 1 aromatic carbocycles. The molecule has 29 heavy (non-hydrogen) atoms. The minimum absolute atomic E-state index is 0.130. The Morgan fingerprint density at radius 3 is 2.69 bits per heavy atom. The van der Waals surface area contributed by atoms with Crippen molar-refractivity contribution < 1.29 is 9.50 Å². The van der Waals surface area contributed by atoms with Crippen molar-refractivity contribution in [3.05, 3.63) is 77.8 Å². The molecule has 1 saturated carbocycles. The first kappa shape index (κ1) is 18.3. The molecule has 1 N–H and O–H groups in total. The van der Waals surface area contributed by atoms with Gasteiger partial charge < -0.3 is 9.67 Å². The van der Waals surface area contributed by atoms with Gasteiger partial charge >= 0.3 is 0 Å². The van der Waals surface area contributed by atoms with Gasteiger partial charge in [0, 0.05) is 29.9 Å². The minimum Gasteiger partial charge on any atom is -0.388 e. The number of benzene rings is 1. The lowest BCUT2D eigenvalue weighted by Gasteiger charge is -2.48. The van der Waals surface area contributed by atoms with Crippen LogP contribution in [0.1, 0.15) is 43.5 Å². The maximum absolute atomic E-state index is 13.3. The number of aliphatic hydroxyl groups is 1. The van der Waals surface area contributed by atoms with Crippen LogP contribution in [0.25, 0.3) is 17.3 Å². The third kappa shape index (κ3) is 3.01. The van der Waals surface area contributed by atoms with Crippen LogP contribution in [0.15, 0.2) is 60.7 Å². The molecule has 5 heteroatoms. The Morgan fingerprint density at radius 1 is 1.17 bits per heavy atom. The van der Waals surface area contributed by atoms with Crippen molar-refractivity contribution in [3.8, 4) is 11.3 Å². The fourth-order valence-electron chi connectivity index (χ4n) is 5.13. The van der Waals surface area contributed by atoms with Gasteiger partial charge in [-0.2, -0.15) is 0 Å². The zero-order valence-corrected chi connectivity index (χ0v) is 16.4. The fourth-order valence-corrected chi connectivity index (χ4v) is 5.13. The molecule has 1 fully saturated rings. The molecular formula is C24H24FN3O. The lowest BCUT2D eigenvalue weighted by molar-refractivity contribution is 0.0123. The van der Waals surface area contributed by atoms with Gasteiger partial charge in [0.15, 0.2) is 0 Å². The third-order valence-electron chi connectivity index (χ3n) is 6.75. The van der Waals surface area contributed by atoms with Gasteiger partial charge in [-0.05, 0) is 73.2 Å². The Hall–Kier alpha value is -2.79. The molecule has 3 heterocycles. The molecule has 3 atom stereocenters. The highest BCUT2D eigenvalue weighted by atomic mass is 19.1. The monoisotopic (exact) mass is 389 g/mol. The smallest absolute Gasteiger partial charge is 0.123 e. The van der Waals surface area contributed by atoms with E-state index in [-0.39, 0.29) is 17.2 Å². The molecule has 5 rings (SSSR count). The molecule has 1 aliphatic heterocycles. The average Bonchev–Trinajstić information content (AvgIpc) is 3.14. The summed E-state index contributed by atoms with van der Waals surface area (Å²) >= 11 is 0. The van der Waals surface area contributed by atoms with Crippen LogP contribution in [-0.2, 0) is 6.54 Å². The normalized spacial score (nSPS) is 24.4. The van der Waals surface area contributed by atoms with Crippen molar-refractivity contribution in [2.24, 2.45) is 11.3 Å². The Balaban J connectivity index is 1.53. The molecule has 1 aliphatic carbocycles. The van der Waals surface area contributed by atoms with Crippen LogP contribution < -0.4 is 0 Å². The van der Waals surface area contributed by atoms with Gasteiger partial charge in [0.05, 0.1) is 23.8 Å². The molecule has 0 amide bonds. The van der Waals surface area contributed by atoms with Gasteiger partial charge in [-0.1, -0.05) is 12.5 Å². The first-order valence-electron chi connectivity index (χ1n) is 10.2. The van der Waals surface area contributed by atoms with E-state index in [4.69, 9.17) is 0 Å². The molecule has 0 bridgehead atoms. The highest BCUT2D eigenvalue weighted by molar-refractivity contribution is 5.72. The molecule has 1 unspecified atom stereocenters. The second-order valence-electron chi connectivity index (χ2n) is 8.42. The van der Waals surface area contributed by atoms with E-state index in [2.05, 4.69) is 27.5 Å². The number of fused-ring (bicyclic) bond motifs is 2. The Bertz CT molecular complexity index is 1060. The summed E-state index contributed by atoms with van der Waals surface area (Å²) in [7, 11) is 0. The summed E-state index contributed by atoms with van der Waals surface area (Å²) in [5, 5.41) is 11.2. The number of pyridine rings is 1. The van der Waals surface area contributed by atoms with E-state index in [0.717, 1.165) is 48.3 Å². The molecule has 0 spiro atoms. The molecule has 3 aromatic rings. The van der Waals surface area contributed by atoms with Crippen LogP contribution in [0.2, 0.25) is 0 Å². The van der Waals surface area contributed by atoms with Crippen molar-refractivity contribution in [1.82, 2.24) is 14.5 Å². The van der Waals surface area contributed by atoms with E-state index >= 15 is 0 Å². The van der Waals surface area contributed by atoms with E-state index in [1.807, 2.05) is 18.5 Å². The van der Waals surface area contributed by atoms with Crippen molar-refractivity contribution in [1.29, 1.82) is 0 Å². The van der Waals surface area contributed by atoms with E-state index < -0.39 is 6.10 Å². The quantitative estimate of drug-likeness (QED) is 0.684. The Labute approximate surface area is 169 Å². The van der Waals surface area contributed by atoms with Gasteiger partial charge in [-0.15, -0.1) is 0 Å². The minimum atomic E-state index is -0.520. The number of hydrogen-bond acceptors (Lipinski definition) is 3. The van der Waals surface area contributed by atoms with Crippen molar-refractivity contribution in [3.63, 3.8) is 0 Å². The van der Waals surface area contributed by atoms with Gasteiger partial charge in [0.25, 0.3) is 0 Å². The summed E-state index contributed by atoms with van der Waals surface area (Å²) in [4.78, 5) is 8.72. The lowest BCUT2D eigenvalue weighted by Crippen LogP contribution is -2.42. The number of imidazole rings is 1. The zero-order chi connectivity index (χ0) is 20.0. The summed E-state index contributed by atoms with van der Waals surface area (Å²) in [5.41, 5.74) is 5.05. The molecule has 4 nitrogen and oxygen atoms in total. The van der Waals surface area contributed by atoms with Crippen LogP contribution >= 0.6 is 0 Å². The molecule has 2 aromatic heterocycles. The van der Waals surface area contributed by atoms with E-state index in [1.165, 1.54) is 17.7 Å². The summed E-state index contributed by atoms with van der Waals surface area (Å²) in [5.74, 6) is -0.109. The van der Waals surface area contributed by atoms with Crippen LogP contribution in [0.4, 0.5) is 4.39 Å². The SMILES string of the molecule is C[C@]12Cn3cnc(-c4ccc(F)cc4)c3C=C1CCCC2[C@H](O)c1ccncc1. The maximum atomic E-state index is 13.3. The summed E-state index contributed by atoms with van der Waals surface area (Å²) in [6.45, 7) is 3.06. The topological polar surface area (TPSA) is 50.9 Å². The van der Waals surface area contributed by atoms with Crippen molar-refractivity contribution >= 4 is 6.08 Å². The van der Waals surface area contributed by atoms with Crippen LogP contribution in [-0.4, -0.2) is 19.6 Å². The van der Waals surface area contributed by atoms with Gasteiger partial charge in [-0.25, -0.2) is 9.37 Å². The predicted octanol–water partition coefficient (Wildman–Crippen LogP) is 5.02. The Kier molecular flexibility index (Phi) is 4.36. The molecule has 2 aliphatic rings. The molecule has 0 radical (unpaired) electrons. The summed E-state index contributed by atoms with van der Waals surface area (Å²) in [6, 6.07) is 10.3. The van der Waals surface area contributed by atoms with Gasteiger partial charge in [-0.3, -0.25) is 4.98 Å². The first-order valence-corrected chi connectivity index (χ1v) is 10.2. The van der Waals surface area contributed by atoms with E-state index in [9.17, 15) is 9.50 Å². The van der Waals surface area contributed by atoms with Crippen LogP contribution in [0.5, 0.6) is 0 Å². The highest BCUT2D eigenvalue weighted by Crippen LogP contribution is 2.53. The lowest BCUT2D eigenvalue weighted by atomic mass is 9.60. The number of aromatic nitrogens is 3. The summed E-state index contributed by atoms with van der Waals surface area (Å²) in [6.07, 6.45) is 10.2. The maximum Gasteiger partial charge on any atom is 0.123 e. The van der Waals surface area contributed by atoms with Gasteiger partial charge in [0.2, 0.25) is 0 Å². The van der Waals surface area contributed by atoms with Crippen molar-refractivity contribution in [2.75, 3.05) is 0 Å². The van der Waals surface area contributed by atoms with Crippen molar-refractivity contribution in [2.45, 2.75) is 38.8 Å². The van der Waals surface area contributed by atoms with Crippen LogP contribution in [0.3, 0.4) is 0 Å². The molecule has 0 saturated heterocycles. The number of aliphatic hydroxyl groups excluding tert-OH is 1. The second-order valence-corrected chi connectivity index (χ2v) is 8.42. The molecular weight excluding hydrogens is 365 g/mol. The molecule has 148 valence electrons. The largest absolute Gasteiger partial charge is 0.388 e. The third-order valence-corrected chi connectivity index (χ3v) is 6.75. The zero-order valence-electron chi connectivity index (χ0n) is 16.4. The first-order chi connectivity index (χ1) is 14.1. The van der Waals surface area contributed by atoms with Gasteiger partial charge in [0.1, 0.15) is 5.82 Å². The summed E-state index contributed by atoms with van der Waals surface area (Å²) < 4.78 is 15.5. The van der Waals surface area contributed by atoms with E-state index in [1.54, 1.807) is 24.5 Å². The van der Waals surface area contributed by atoms with Crippen LogP contribution in [0, 0.1) is 17.2 Å². The fraction of sp³-hybridized carbons (Fsp3) is 0.333. The average molecular weight is 389 g/mol. The number of allylic oxidation sites excluding steroid dienone is 1. The highest BCUT2D eigenvalue weighted by Gasteiger charge is 2.46. The van der Waals surface area contributed by atoms with E-state index in [0.29, 0.717) is 0 Å². The second kappa shape index (κ2) is 6.92.